The van der Waals surface area contributed by atoms with Gasteiger partial charge in [0.2, 0.25) is 0 Å². The number of benzene rings is 1. The van der Waals surface area contributed by atoms with Crippen LogP contribution in [0.5, 0.6) is 0 Å². The Morgan fingerprint density at radius 2 is 1.69 bits per heavy atom. The summed E-state index contributed by atoms with van der Waals surface area (Å²) in [6.45, 7) is 0. The number of amides is 2. The van der Waals surface area contributed by atoms with Gasteiger partial charge in [0.05, 0.1) is 0 Å². The normalized spacial score (nSPS) is 9.69. The Hall–Kier alpha value is -2.04. The third kappa shape index (κ3) is 2.50. The lowest BCUT2D eigenvalue weighted by atomic mass is 10.2. The van der Waals surface area contributed by atoms with Gasteiger partial charge < -0.3 is 10.6 Å². The van der Waals surface area contributed by atoms with Crippen LogP contribution < -0.4 is 10.6 Å². The molecule has 0 aliphatic heterocycles. The first-order valence-corrected chi connectivity index (χ1v) is 4.83. The first kappa shape index (κ1) is 12.0. The van der Waals surface area contributed by atoms with Gasteiger partial charge in [-0.05, 0) is 24.3 Å². The molecule has 16 heavy (non-hydrogen) atoms. The fourth-order valence-electron chi connectivity index (χ4n) is 1.28. The van der Waals surface area contributed by atoms with Gasteiger partial charge in [-0.2, -0.15) is 0 Å². The first-order valence-electron chi connectivity index (χ1n) is 4.83. The average molecular weight is 220 g/mol. The summed E-state index contributed by atoms with van der Waals surface area (Å²) in [4.78, 5) is 14.7. The van der Waals surface area contributed by atoms with E-state index >= 15 is 0 Å². The van der Waals surface area contributed by atoms with Crippen LogP contribution in [-0.2, 0) is 0 Å². The number of hydrogen-bond donors (Lipinski definition) is 2. The first-order chi connectivity index (χ1) is 7.43. The van der Waals surface area contributed by atoms with E-state index < -0.39 is 0 Å². The van der Waals surface area contributed by atoms with Gasteiger partial charge in [0, 0.05) is 32.4 Å². The molecule has 1 rings (SSSR count). The van der Waals surface area contributed by atoms with Gasteiger partial charge in [0.25, 0.3) is 0 Å². The van der Waals surface area contributed by atoms with Crippen LogP contribution in [0.1, 0.15) is 5.56 Å². The van der Waals surface area contributed by atoms with Crippen molar-refractivity contribution in [2.75, 3.05) is 26.0 Å². The fourth-order valence-corrected chi connectivity index (χ4v) is 1.28. The molecule has 0 saturated carbocycles. The number of anilines is 1. The molecule has 0 spiro atoms. The maximum atomic E-state index is 11.6. The Bertz CT molecular complexity index is 397. The Morgan fingerprint density at radius 1 is 1.19 bits per heavy atom. The van der Waals surface area contributed by atoms with Crippen molar-refractivity contribution in [3.63, 3.8) is 0 Å². The van der Waals surface area contributed by atoms with E-state index in [-0.39, 0.29) is 11.9 Å². The van der Waals surface area contributed by atoms with E-state index in [0.717, 1.165) is 5.69 Å². The predicted octanol–water partition coefficient (Wildman–Crippen LogP) is 1.09. The smallest absolute Gasteiger partial charge is 0.323 e. The SMILES string of the molecule is CN(C)C(=O)N(C)c1ccc(C(=N)N)cc1. The van der Waals surface area contributed by atoms with Crippen LogP contribution in [0.15, 0.2) is 24.3 Å². The molecule has 0 saturated heterocycles. The van der Waals surface area contributed by atoms with Gasteiger partial charge >= 0.3 is 6.03 Å². The molecule has 2 amide bonds. The van der Waals surface area contributed by atoms with E-state index in [4.69, 9.17) is 11.1 Å². The summed E-state index contributed by atoms with van der Waals surface area (Å²) < 4.78 is 0. The zero-order valence-corrected chi connectivity index (χ0v) is 9.69. The van der Waals surface area contributed by atoms with Crippen LogP contribution in [-0.4, -0.2) is 37.9 Å². The van der Waals surface area contributed by atoms with Gasteiger partial charge in [0.15, 0.2) is 0 Å². The number of nitrogens with two attached hydrogens (primary N) is 1. The second-order valence-electron chi connectivity index (χ2n) is 3.70. The topological polar surface area (TPSA) is 73.4 Å². The zero-order valence-electron chi connectivity index (χ0n) is 9.69. The van der Waals surface area contributed by atoms with Crippen molar-refractivity contribution in [2.45, 2.75) is 0 Å². The highest BCUT2D eigenvalue weighted by atomic mass is 16.2. The molecule has 0 atom stereocenters. The summed E-state index contributed by atoms with van der Waals surface area (Å²) in [5.74, 6) is 0.0214. The van der Waals surface area contributed by atoms with Gasteiger partial charge in [0.1, 0.15) is 5.84 Å². The highest BCUT2D eigenvalue weighted by molar-refractivity contribution is 5.96. The summed E-state index contributed by atoms with van der Waals surface area (Å²) >= 11 is 0. The Labute approximate surface area is 95.0 Å². The van der Waals surface area contributed by atoms with Crippen LogP contribution in [0.4, 0.5) is 10.5 Å². The number of hydrogen-bond acceptors (Lipinski definition) is 2. The lowest BCUT2D eigenvalue weighted by Gasteiger charge is -2.21. The van der Waals surface area contributed by atoms with Crippen molar-refractivity contribution < 1.29 is 4.79 Å². The van der Waals surface area contributed by atoms with Crippen molar-refractivity contribution in [3.05, 3.63) is 29.8 Å². The number of carbonyl (C=O) groups is 1. The average Bonchev–Trinajstić information content (AvgIpc) is 2.27. The fraction of sp³-hybridized carbons (Fsp3) is 0.273. The summed E-state index contributed by atoms with van der Waals surface area (Å²) in [7, 11) is 5.09. The number of nitrogens with zero attached hydrogens (tertiary/aromatic N) is 2. The van der Waals surface area contributed by atoms with Crippen molar-refractivity contribution in [2.24, 2.45) is 5.73 Å². The van der Waals surface area contributed by atoms with Crippen LogP contribution in [0, 0.1) is 5.41 Å². The Kier molecular flexibility index (Phi) is 3.50. The summed E-state index contributed by atoms with van der Waals surface area (Å²) in [5.41, 5.74) is 6.76. The lowest BCUT2D eigenvalue weighted by Crippen LogP contribution is -2.36. The molecule has 0 aliphatic rings. The van der Waals surface area contributed by atoms with Crippen LogP contribution in [0.25, 0.3) is 0 Å². The van der Waals surface area contributed by atoms with Crippen LogP contribution in [0.3, 0.4) is 0 Å². The number of amidine groups is 1. The summed E-state index contributed by atoms with van der Waals surface area (Å²) in [5, 5.41) is 7.25. The molecule has 0 radical (unpaired) electrons. The molecule has 86 valence electrons. The lowest BCUT2D eigenvalue weighted by molar-refractivity contribution is 0.225. The monoisotopic (exact) mass is 220 g/mol. The number of nitrogen functional groups attached to an aromatic ring is 1. The second-order valence-corrected chi connectivity index (χ2v) is 3.70. The highest BCUT2D eigenvalue weighted by Crippen LogP contribution is 2.14. The van der Waals surface area contributed by atoms with Gasteiger partial charge in [-0.1, -0.05) is 0 Å². The van der Waals surface area contributed by atoms with Gasteiger partial charge in [-0.15, -0.1) is 0 Å². The minimum Gasteiger partial charge on any atom is -0.384 e. The largest absolute Gasteiger partial charge is 0.384 e. The Balaban J connectivity index is 2.89. The number of urea groups is 1. The predicted molar refractivity (Wildman–Crippen MR) is 64.9 cm³/mol. The molecule has 1 aromatic rings. The van der Waals surface area contributed by atoms with Crippen molar-refractivity contribution in [3.8, 4) is 0 Å². The van der Waals surface area contributed by atoms with Crippen molar-refractivity contribution in [1.29, 1.82) is 5.41 Å². The highest BCUT2D eigenvalue weighted by Gasteiger charge is 2.12. The minimum atomic E-state index is -0.101. The van der Waals surface area contributed by atoms with Crippen molar-refractivity contribution >= 4 is 17.6 Å². The van der Waals surface area contributed by atoms with E-state index in [1.807, 2.05) is 0 Å². The molecule has 3 N–H and O–H groups in total. The quantitative estimate of drug-likeness (QED) is 0.578. The minimum absolute atomic E-state index is 0.0214. The number of rotatable bonds is 2. The van der Waals surface area contributed by atoms with E-state index in [1.165, 1.54) is 9.80 Å². The number of nitrogens with one attached hydrogen (secondary N) is 1. The standard InChI is InChI=1S/C11H16N4O/c1-14(2)11(16)15(3)9-6-4-8(5-7-9)10(12)13/h4-7H,1-3H3,(H3,12,13). The molecule has 1 aromatic carbocycles. The van der Waals surface area contributed by atoms with Gasteiger partial charge in [-0.25, -0.2) is 4.79 Å². The summed E-state index contributed by atoms with van der Waals surface area (Å²) in [6.07, 6.45) is 0. The third-order valence-corrected chi connectivity index (χ3v) is 2.24. The maximum absolute atomic E-state index is 11.6. The van der Waals surface area contributed by atoms with Crippen LogP contribution >= 0.6 is 0 Å². The van der Waals surface area contributed by atoms with E-state index in [9.17, 15) is 4.79 Å². The Morgan fingerprint density at radius 3 is 2.06 bits per heavy atom. The molecule has 0 fully saturated rings. The van der Waals surface area contributed by atoms with Crippen molar-refractivity contribution in [1.82, 2.24) is 4.90 Å². The summed E-state index contributed by atoms with van der Waals surface area (Å²) in [6, 6.07) is 6.86. The molecule has 0 aromatic heterocycles. The molecule has 0 unspecified atom stereocenters. The molecule has 5 nitrogen and oxygen atoms in total. The molecule has 0 bridgehead atoms. The van der Waals surface area contributed by atoms with Gasteiger partial charge in [-0.3, -0.25) is 10.3 Å². The zero-order chi connectivity index (χ0) is 12.3. The molecular formula is C11H16N4O. The third-order valence-electron chi connectivity index (χ3n) is 2.24. The molecule has 0 heterocycles. The molecule has 5 heteroatoms. The van der Waals surface area contributed by atoms with Crippen LogP contribution in [0.2, 0.25) is 0 Å². The molecule has 0 aliphatic carbocycles. The van der Waals surface area contributed by atoms with E-state index in [2.05, 4.69) is 0 Å². The maximum Gasteiger partial charge on any atom is 0.323 e. The number of carbonyl (C=O) groups excluding carboxylic acids is 1. The van der Waals surface area contributed by atoms with E-state index in [0.29, 0.717) is 5.56 Å². The molecular weight excluding hydrogens is 204 g/mol. The van der Waals surface area contributed by atoms with E-state index in [1.54, 1.807) is 45.4 Å². The second kappa shape index (κ2) is 4.65.